The molecular weight excluding hydrogens is 292 g/mol. The summed E-state index contributed by atoms with van der Waals surface area (Å²) in [5, 5.41) is 32.1. The molecule has 3 rings (SSSR count). The lowest BCUT2D eigenvalue weighted by Crippen LogP contribution is -2.33. The van der Waals surface area contributed by atoms with Crippen molar-refractivity contribution in [2.24, 2.45) is 5.73 Å². The Hall–Kier alpha value is -1.85. The van der Waals surface area contributed by atoms with E-state index in [1.54, 1.807) is 0 Å². The number of nitrogens with zero attached hydrogens (tertiary/aromatic N) is 4. The van der Waals surface area contributed by atoms with Gasteiger partial charge in [0.15, 0.2) is 23.2 Å². The molecule has 1 aliphatic rings. The summed E-state index contributed by atoms with van der Waals surface area (Å²) in [4.78, 5) is 12.5. The summed E-state index contributed by atoms with van der Waals surface area (Å²) in [7, 11) is 0. The number of aliphatic hydroxyl groups excluding tert-OH is 3. The van der Waals surface area contributed by atoms with Gasteiger partial charge < -0.3 is 31.1 Å². The highest BCUT2D eigenvalue weighted by atomic mass is 16.6. The lowest BCUT2D eigenvalue weighted by molar-refractivity contribution is -0.0511. The molecular formula is C12H18N6O4. The number of aliphatic hydroxyl groups is 3. The Balaban J connectivity index is 1.95. The van der Waals surface area contributed by atoms with Crippen LogP contribution < -0.4 is 11.1 Å². The normalized spacial score (nSPS) is 28.4. The number of hydrogen-bond donors (Lipinski definition) is 5. The average molecular weight is 310 g/mol. The third-order valence-corrected chi connectivity index (χ3v) is 3.59. The standard InChI is InChI=1S/C12H18N6O4/c13-1-2-14-10-7-11(16-4-15-10)18(5-17-7)12-9(21)8(20)6(3-19)22-12/h4-6,8-9,12,19-21H,1-3,13H2,(H,14,15,16)/t6-,8?,9?,12-/m1/s1. The molecule has 4 atom stereocenters. The van der Waals surface area contributed by atoms with Gasteiger partial charge in [-0.2, -0.15) is 0 Å². The van der Waals surface area contributed by atoms with Crippen LogP contribution in [0.15, 0.2) is 12.7 Å². The summed E-state index contributed by atoms with van der Waals surface area (Å²) in [5.41, 5.74) is 6.41. The average Bonchev–Trinajstić information content (AvgIpc) is 3.08. The van der Waals surface area contributed by atoms with Crippen LogP contribution in [-0.4, -0.2) is 72.8 Å². The van der Waals surface area contributed by atoms with Gasteiger partial charge in [-0.15, -0.1) is 0 Å². The Kier molecular flexibility index (Phi) is 4.18. The number of nitrogens with one attached hydrogen (secondary N) is 1. The largest absolute Gasteiger partial charge is 0.394 e. The van der Waals surface area contributed by atoms with Crippen LogP contribution in [0.2, 0.25) is 0 Å². The molecule has 2 aromatic rings. The van der Waals surface area contributed by atoms with Crippen molar-refractivity contribution in [1.82, 2.24) is 19.5 Å². The molecule has 1 aliphatic heterocycles. The molecule has 10 nitrogen and oxygen atoms in total. The van der Waals surface area contributed by atoms with Gasteiger partial charge in [0.2, 0.25) is 0 Å². The van der Waals surface area contributed by atoms with Crippen LogP contribution in [0.3, 0.4) is 0 Å². The minimum Gasteiger partial charge on any atom is -0.394 e. The van der Waals surface area contributed by atoms with E-state index in [4.69, 9.17) is 15.6 Å². The first-order valence-electron chi connectivity index (χ1n) is 6.91. The van der Waals surface area contributed by atoms with Gasteiger partial charge in [0, 0.05) is 13.1 Å². The number of anilines is 1. The summed E-state index contributed by atoms with van der Waals surface area (Å²) in [6.07, 6.45) is -1.29. The zero-order valence-corrected chi connectivity index (χ0v) is 11.7. The fraction of sp³-hybridized carbons (Fsp3) is 0.583. The first kappa shape index (κ1) is 15.1. The van der Waals surface area contributed by atoms with Gasteiger partial charge in [0.05, 0.1) is 12.9 Å². The summed E-state index contributed by atoms with van der Waals surface area (Å²) in [6, 6.07) is 0. The van der Waals surface area contributed by atoms with Crippen molar-refractivity contribution >= 4 is 17.0 Å². The Morgan fingerprint density at radius 1 is 1.27 bits per heavy atom. The first-order chi connectivity index (χ1) is 10.7. The predicted molar refractivity (Wildman–Crippen MR) is 75.9 cm³/mol. The molecule has 0 amide bonds. The monoisotopic (exact) mass is 310 g/mol. The van der Waals surface area contributed by atoms with E-state index in [1.807, 2.05) is 0 Å². The van der Waals surface area contributed by atoms with E-state index in [-0.39, 0.29) is 6.61 Å². The Bertz CT molecular complexity index is 650. The van der Waals surface area contributed by atoms with E-state index in [0.29, 0.717) is 30.1 Å². The minimum atomic E-state index is -1.19. The molecule has 1 saturated heterocycles. The zero-order valence-electron chi connectivity index (χ0n) is 11.7. The van der Waals surface area contributed by atoms with Crippen LogP contribution in [0.1, 0.15) is 6.23 Å². The molecule has 1 fully saturated rings. The fourth-order valence-electron chi connectivity index (χ4n) is 2.47. The van der Waals surface area contributed by atoms with Crippen molar-refractivity contribution in [3.05, 3.63) is 12.7 Å². The predicted octanol–water partition coefficient (Wildman–Crippen LogP) is -2.19. The number of aromatic nitrogens is 4. The van der Waals surface area contributed by atoms with E-state index < -0.39 is 24.5 Å². The van der Waals surface area contributed by atoms with Crippen molar-refractivity contribution in [1.29, 1.82) is 0 Å². The number of fused-ring (bicyclic) bond motifs is 1. The molecule has 10 heteroatoms. The second kappa shape index (κ2) is 6.10. The second-order valence-corrected chi connectivity index (χ2v) is 4.99. The van der Waals surface area contributed by atoms with Crippen LogP contribution in [0.5, 0.6) is 0 Å². The van der Waals surface area contributed by atoms with E-state index in [0.717, 1.165) is 0 Å². The summed E-state index contributed by atoms with van der Waals surface area (Å²) in [5.74, 6) is 0.529. The maximum absolute atomic E-state index is 10.1. The third-order valence-electron chi connectivity index (χ3n) is 3.59. The first-order valence-corrected chi connectivity index (χ1v) is 6.91. The summed E-state index contributed by atoms with van der Waals surface area (Å²) in [6.45, 7) is 0.591. The van der Waals surface area contributed by atoms with Crippen molar-refractivity contribution in [3.8, 4) is 0 Å². The molecule has 120 valence electrons. The molecule has 0 radical (unpaired) electrons. The highest BCUT2D eigenvalue weighted by Crippen LogP contribution is 2.31. The molecule has 2 aromatic heterocycles. The number of ether oxygens (including phenoxy) is 1. The molecule has 22 heavy (non-hydrogen) atoms. The van der Waals surface area contributed by atoms with Gasteiger partial charge in [-0.3, -0.25) is 4.57 Å². The van der Waals surface area contributed by atoms with Gasteiger partial charge in [0.25, 0.3) is 0 Å². The molecule has 0 saturated carbocycles. The number of nitrogens with two attached hydrogens (primary N) is 1. The zero-order chi connectivity index (χ0) is 15.7. The molecule has 0 aromatic carbocycles. The molecule has 3 heterocycles. The van der Waals surface area contributed by atoms with Gasteiger partial charge in [-0.25, -0.2) is 15.0 Å². The van der Waals surface area contributed by atoms with Crippen LogP contribution in [0, 0.1) is 0 Å². The molecule has 0 spiro atoms. The third kappa shape index (κ3) is 2.40. The molecule has 0 aliphatic carbocycles. The highest BCUT2D eigenvalue weighted by molar-refractivity contribution is 5.82. The van der Waals surface area contributed by atoms with Gasteiger partial charge >= 0.3 is 0 Å². The van der Waals surface area contributed by atoms with Crippen molar-refractivity contribution in [2.45, 2.75) is 24.5 Å². The van der Waals surface area contributed by atoms with Crippen molar-refractivity contribution < 1.29 is 20.1 Å². The van der Waals surface area contributed by atoms with E-state index in [2.05, 4.69) is 20.3 Å². The quantitative estimate of drug-likeness (QED) is 0.414. The topological polar surface area (TPSA) is 152 Å². The van der Waals surface area contributed by atoms with Gasteiger partial charge in [0.1, 0.15) is 24.6 Å². The Morgan fingerprint density at radius 2 is 2.09 bits per heavy atom. The van der Waals surface area contributed by atoms with Gasteiger partial charge in [-0.05, 0) is 0 Å². The maximum Gasteiger partial charge on any atom is 0.167 e. The van der Waals surface area contributed by atoms with Crippen molar-refractivity contribution in [3.63, 3.8) is 0 Å². The lowest BCUT2D eigenvalue weighted by Gasteiger charge is -2.16. The molecule has 2 unspecified atom stereocenters. The van der Waals surface area contributed by atoms with Crippen molar-refractivity contribution in [2.75, 3.05) is 25.0 Å². The summed E-state index contributed by atoms with van der Waals surface area (Å²) >= 11 is 0. The minimum absolute atomic E-state index is 0.389. The highest BCUT2D eigenvalue weighted by Gasteiger charge is 2.43. The number of imidazole rings is 1. The fourth-order valence-corrected chi connectivity index (χ4v) is 2.47. The smallest absolute Gasteiger partial charge is 0.167 e. The van der Waals surface area contributed by atoms with Crippen LogP contribution in [0.25, 0.3) is 11.2 Å². The van der Waals surface area contributed by atoms with Crippen LogP contribution >= 0.6 is 0 Å². The number of rotatable bonds is 5. The molecule has 0 bridgehead atoms. The van der Waals surface area contributed by atoms with E-state index in [9.17, 15) is 10.2 Å². The van der Waals surface area contributed by atoms with Crippen LogP contribution in [0.4, 0.5) is 5.82 Å². The second-order valence-electron chi connectivity index (χ2n) is 4.99. The molecule has 6 N–H and O–H groups in total. The van der Waals surface area contributed by atoms with E-state index in [1.165, 1.54) is 17.2 Å². The van der Waals surface area contributed by atoms with E-state index >= 15 is 0 Å². The SMILES string of the molecule is NCCNc1ncnc2c1ncn2[C@@H]1O[C@H](CO)C(O)C1O. The summed E-state index contributed by atoms with van der Waals surface area (Å²) < 4.78 is 6.99. The Morgan fingerprint density at radius 3 is 2.77 bits per heavy atom. The number of hydrogen-bond acceptors (Lipinski definition) is 9. The lowest BCUT2D eigenvalue weighted by atomic mass is 10.1. The Labute approximate surface area is 125 Å². The van der Waals surface area contributed by atoms with Crippen LogP contribution in [-0.2, 0) is 4.74 Å². The van der Waals surface area contributed by atoms with Gasteiger partial charge in [-0.1, -0.05) is 0 Å². The maximum atomic E-state index is 10.1.